The SMILES string of the molecule is CC.CC.CC(F)(F)F.CC(F)(F)F.Cn1c2cc(C=C3C(=O)c4ccccc4C3=O)sc2c2c1c1sc(C=C3C(=O)c4ccccc4C3=O)cc1n2C.[C-]#[N+]C(C#N)=C1C(=Nc2cc3c(s2)c2c(c4sc(N=C5C(=O)c6ccccc6/C5=C(/C#N)[N+]#[C-])cc4n2C)n3C)C(=O)c2ccccc21. The molecule has 8 aromatic heterocycles. The summed E-state index contributed by atoms with van der Waals surface area (Å²) in [5, 5.41) is 20.5. The highest BCUT2D eigenvalue weighted by molar-refractivity contribution is 7.25. The van der Waals surface area contributed by atoms with E-state index < -0.39 is 12.4 Å². The van der Waals surface area contributed by atoms with Gasteiger partial charge in [-0.15, -0.1) is 45.3 Å². The van der Waals surface area contributed by atoms with Crippen LogP contribution in [0.3, 0.4) is 0 Å². The second-order valence-electron chi connectivity index (χ2n) is 22.6. The number of fused-ring (bicyclic) bond motifs is 14. The topological polar surface area (TPSA) is 203 Å². The summed E-state index contributed by atoms with van der Waals surface area (Å²) in [6, 6.07) is 39.4. The number of ketones is 6. The van der Waals surface area contributed by atoms with Gasteiger partial charge in [-0.1, -0.05) is 125 Å². The van der Waals surface area contributed by atoms with Crippen LogP contribution < -0.4 is 0 Å². The summed E-state index contributed by atoms with van der Waals surface area (Å²) in [7, 11) is 7.91. The number of rotatable bonds is 4. The summed E-state index contributed by atoms with van der Waals surface area (Å²) in [5.74, 6) is -1.57. The molecule has 8 heterocycles. The number of nitrogens with zero attached hydrogens (tertiary/aromatic N) is 10. The lowest BCUT2D eigenvalue weighted by atomic mass is 10.1. The van der Waals surface area contributed by atoms with Crippen LogP contribution in [0.4, 0.5) is 36.3 Å². The second-order valence-corrected chi connectivity index (χ2v) is 26.8. The maximum atomic E-state index is 13.4. The van der Waals surface area contributed by atoms with Gasteiger partial charge in [0, 0.05) is 96.3 Å². The minimum Gasteiger partial charge on any atom is -0.340 e. The second kappa shape index (κ2) is 27.7. The number of allylic oxidation sites excluding steroid dienone is 6. The van der Waals surface area contributed by atoms with E-state index in [0.717, 1.165) is 72.7 Å². The maximum absolute atomic E-state index is 13.4. The molecule has 4 aromatic carbocycles. The van der Waals surface area contributed by atoms with Gasteiger partial charge in [0.15, 0.2) is 23.1 Å². The van der Waals surface area contributed by atoms with Gasteiger partial charge in [0.25, 0.3) is 11.4 Å². The number of hydrogen-bond acceptors (Lipinski definition) is 14. The summed E-state index contributed by atoms with van der Waals surface area (Å²) in [6.07, 6.45) is -4.57. The van der Waals surface area contributed by atoms with Crippen LogP contribution in [-0.2, 0) is 28.2 Å². The molecule has 0 unspecified atom stereocenters. The Balaban J connectivity index is 0.000000175. The van der Waals surface area contributed by atoms with Gasteiger partial charge in [0.1, 0.15) is 21.4 Å². The predicted octanol–water partition coefficient (Wildman–Crippen LogP) is 20.3. The minimum absolute atomic E-state index is 0.0815. The standard InChI is InChI=1S/C36H16N8O2S2.C32H18N2O4S2.2C2H3F3.2C2H6/c1-39-21(15-37)27-17-9-5-7-11-19(17)33(45)29(27)41-25-13-23-35(47-25)31-32(43(23)3)36-24(44(31)4)14-26(48-36)42-30-28(22(16-38)40-2)18-10-6-8-12-20(18)34(30)46;1-33-23-13-15(11-21-27(35)17-7-3-4-8-18(17)28(21)36)39-31(23)26-25(33)32-24(34(26)2)14-16(40-32)12-22-29(37)19-9-5-6-10-20(19)30(22)38;2*1-2(3,4)5;2*1-2/h5-14H,3-4H3;3-14H,1-2H3;2*1H3;2*1-2H3/b27-21+,28-22?,41-29?,42-30?;;;;;. The number of benzene rings is 4. The summed E-state index contributed by atoms with van der Waals surface area (Å²) in [5.41, 5.74) is 12.3. The number of Topliss-reactive ketones (excluding diaryl/α,β-unsaturated/α-hetero) is 6. The van der Waals surface area contributed by atoms with Gasteiger partial charge in [-0.3, -0.25) is 28.8 Å². The molecule has 0 bridgehead atoms. The highest BCUT2D eigenvalue weighted by Crippen LogP contribution is 2.49. The van der Waals surface area contributed by atoms with E-state index in [1.807, 2.05) is 92.3 Å². The van der Waals surface area contributed by atoms with E-state index in [1.165, 1.54) is 22.7 Å². The number of aryl methyl sites for hydroxylation is 4. The van der Waals surface area contributed by atoms with Crippen LogP contribution in [0.25, 0.3) is 95.9 Å². The van der Waals surface area contributed by atoms with Crippen LogP contribution >= 0.6 is 45.3 Å². The number of alkyl halides is 6. The molecule has 16 rings (SSSR count). The van der Waals surface area contributed by atoms with Gasteiger partial charge >= 0.3 is 12.4 Å². The third-order valence-corrected chi connectivity index (χ3v) is 20.7. The molecule has 0 aliphatic heterocycles. The van der Waals surface area contributed by atoms with Crippen LogP contribution in [0.15, 0.2) is 154 Å². The predicted molar refractivity (Wildman–Crippen MR) is 392 cm³/mol. The molecule has 12 aromatic rings. The molecule has 0 saturated heterocycles. The van der Waals surface area contributed by atoms with E-state index in [2.05, 4.69) is 28.0 Å². The zero-order valence-electron chi connectivity index (χ0n) is 55.5. The molecule has 0 saturated carbocycles. The number of carbonyl (C=O) groups is 6. The van der Waals surface area contributed by atoms with Crippen LogP contribution in [0.5, 0.6) is 0 Å². The molecule has 0 fully saturated rings. The van der Waals surface area contributed by atoms with Crippen LogP contribution in [0.2, 0.25) is 0 Å². The fourth-order valence-corrected chi connectivity index (χ4v) is 17.2. The highest BCUT2D eigenvalue weighted by Gasteiger charge is 2.38. The van der Waals surface area contributed by atoms with Gasteiger partial charge in [0.2, 0.25) is 11.6 Å². The van der Waals surface area contributed by atoms with Gasteiger partial charge < -0.3 is 18.3 Å². The van der Waals surface area contributed by atoms with E-state index in [9.17, 15) is 65.6 Å². The van der Waals surface area contributed by atoms with Crippen molar-refractivity contribution in [2.24, 2.45) is 38.2 Å². The summed E-state index contributed by atoms with van der Waals surface area (Å²) >= 11 is 5.93. The molecule has 0 radical (unpaired) electrons. The average molecular weight is 1440 g/mol. The molecule has 508 valence electrons. The Labute approximate surface area is 593 Å². The molecule has 26 heteroatoms. The van der Waals surface area contributed by atoms with Crippen molar-refractivity contribution in [3.8, 4) is 12.1 Å². The fourth-order valence-electron chi connectivity index (χ4n) is 12.4. The van der Waals surface area contributed by atoms with E-state index in [-0.39, 0.29) is 93.7 Å². The average Bonchev–Trinajstić information content (AvgIpc) is 1.55. The summed E-state index contributed by atoms with van der Waals surface area (Å²) in [4.78, 5) is 96.3. The van der Waals surface area contributed by atoms with E-state index in [4.69, 9.17) is 23.1 Å². The number of carbonyl (C=O) groups excluding carboxylic acids is 6. The molecule has 0 N–H and O–H groups in total. The van der Waals surface area contributed by atoms with Crippen molar-refractivity contribution in [2.45, 2.75) is 53.9 Å². The molecular weight excluding hydrogens is 1390 g/mol. The Morgan fingerprint density at radius 2 is 0.657 bits per heavy atom. The quantitative estimate of drug-likeness (QED) is 0.0544. The Morgan fingerprint density at radius 1 is 0.422 bits per heavy atom. The molecule has 0 spiro atoms. The molecule has 0 atom stereocenters. The molecule has 102 heavy (non-hydrogen) atoms. The normalized spacial score (nSPS) is 15.4. The number of aliphatic imine (C=N–C) groups is 2. The van der Waals surface area contributed by atoms with E-state index >= 15 is 0 Å². The summed E-state index contributed by atoms with van der Waals surface area (Å²) < 4.78 is 74.5. The third-order valence-electron chi connectivity index (χ3n) is 16.5. The Kier molecular flexibility index (Phi) is 19.4. The summed E-state index contributed by atoms with van der Waals surface area (Å²) in [6.45, 7) is 23.4. The van der Waals surface area contributed by atoms with Crippen LogP contribution in [-0.4, -0.2) is 76.7 Å². The number of thiophene rings is 4. The first-order valence-electron chi connectivity index (χ1n) is 31.1. The van der Waals surface area contributed by atoms with Crippen molar-refractivity contribution >= 4 is 188 Å². The van der Waals surface area contributed by atoms with Gasteiger partial charge in [-0.25, -0.2) is 30.2 Å². The first-order chi connectivity index (χ1) is 48.6. The van der Waals surface area contributed by atoms with Crippen molar-refractivity contribution in [3.63, 3.8) is 0 Å². The number of nitriles is 2. The Hall–Kier alpha value is -11.8. The van der Waals surface area contributed by atoms with Gasteiger partial charge in [-0.2, -0.15) is 26.3 Å². The largest absolute Gasteiger partial charge is 0.386 e. The number of halogens is 6. The Bertz CT molecular complexity index is 5580. The Morgan fingerprint density at radius 3 is 0.912 bits per heavy atom. The number of hydrogen-bond donors (Lipinski definition) is 0. The first-order valence-corrected chi connectivity index (χ1v) is 34.3. The zero-order valence-corrected chi connectivity index (χ0v) is 58.8. The molecule has 4 aliphatic rings. The maximum Gasteiger partial charge on any atom is 0.386 e. The lowest BCUT2D eigenvalue weighted by Crippen LogP contribution is -2.07. The first kappa shape index (κ1) is 71.5. The van der Waals surface area contributed by atoms with Gasteiger partial charge in [-0.05, 0) is 47.5 Å². The van der Waals surface area contributed by atoms with Crippen molar-refractivity contribution in [2.75, 3.05) is 0 Å². The van der Waals surface area contributed by atoms with Crippen molar-refractivity contribution in [3.05, 3.63) is 221 Å². The van der Waals surface area contributed by atoms with Crippen molar-refractivity contribution in [1.82, 2.24) is 18.3 Å². The third kappa shape index (κ3) is 12.4. The molecule has 16 nitrogen and oxygen atoms in total. The smallest absolute Gasteiger partial charge is 0.340 e. The monoisotopic (exact) mass is 1440 g/mol. The lowest BCUT2D eigenvalue weighted by Gasteiger charge is -2.01. The van der Waals surface area contributed by atoms with Crippen molar-refractivity contribution in [1.29, 1.82) is 10.5 Å². The van der Waals surface area contributed by atoms with Crippen molar-refractivity contribution < 1.29 is 55.1 Å². The van der Waals surface area contributed by atoms with Crippen LogP contribution in [0.1, 0.15) is 125 Å². The van der Waals surface area contributed by atoms with Crippen LogP contribution in [0, 0.1) is 35.8 Å². The van der Waals surface area contributed by atoms with Gasteiger partial charge in [0.05, 0.1) is 99.4 Å². The minimum atomic E-state index is -4.00. The lowest BCUT2D eigenvalue weighted by molar-refractivity contribution is -0.111. The number of aromatic nitrogens is 4. The fraction of sp³-hybridized carbons (Fsp3) is 0.158. The molecule has 0 amide bonds. The van der Waals surface area contributed by atoms with E-state index in [0.29, 0.717) is 54.5 Å². The molecule has 4 aliphatic carbocycles. The highest BCUT2D eigenvalue weighted by atomic mass is 32.1. The van der Waals surface area contributed by atoms with E-state index in [1.54, 1.807) is 132 Å². The zero-order chi connectivity index (χ0) is 73.9. The molecular formula is C76H52F6N10O6S4.